The summed E-state index contributed by atoms with van der Waals surface area (Å²) in [6, 6.07) is 9.99. The number of carbonyl (C=O) groups is 1. The quantitative estimate of drug-likeness (QED) is 0.449. The van der Waals surface area contributed by atoms with E-state index >= 15 is 0 Å². The van der Waals surface area contributed by atoms with Gasteiger partial charge in [-0.1, -0.05) is 11.6 Å². The van der Waals surface area contributed by atoms with E-state index < -0.39 is 5.97 Å². The maximum atomic E-state index is 11.9. The standard InChI is InChI=1S/C18H17ClO5/c1-21-15-10-12(11-16(22-2)18(15)23-3)4-9-17(20)24-14-7-5-13(19)6-8-14/h4-11H,1-3H3/b9-4+. The summed E-state index contributed by atoms with van der Waals surface area (Å²) in [6.07, 6.45) is 2.91. The Morgan fingerprint density at radius 2 is 1.54 bits per heavy atom. The molecule has 0 fully saturated rings. The van der Waals surface area contributed by atoms with Crippen molar-refractivity contribution in [1.82, 2.24) is 0 Å². The van der Waals surface area contributed by atoms with Gasteiger partial charge in [0.1, 0.15) is 5.75 Å². The SMILES string of the molecule is COc1cc(/C=C/C(=O)Oc2ccc(Cl)cc2)cc(OC)c1OC. The van der Waals surface area contributed by atoms with Crippen LogP contribution in [0.15, 0.2) is 42.5 Å². The lowest BCUT2D eigenvalue weighted by Gasteiger charge is -2.12. The molecule has 0 amide bonds. The number of halogens is 1. The summed E-state index contributed by atoms with van der Waals surface area (Å²) in [5.74, 6) is 1.40. The summed E-state index contributed by atoms with van der Waals surface area (Å²) in [4.78, 5) is 11.9. The molecule has 0 atom stereocenters. The summed E-state index contributed by atoms with van der Waals surface area (Å²) in [6.45, 7) is 0. The Kier molecular flexibility index (Phi) is 6.09. The van der Waals surface area contributed by atoms with E-state index in [1.54, 1.807) is 42.5 Å². The number of ether oxygens (including phenoxy) is 4. The molecule has 2 rings (SSSR count). The first-order valence-corrected chi connectivity index (χ1v) is 7.40. The first-order chi connectivity index (χ1) is 11.6. The van der Waals surface area contributed by atoms with E-state index in [9.17, 15) is 4.79 Å². The number of hydrogen-bond acceptors (Lipinski definition) is 5. The van der Waals surface area contributed by atoms with Gasteiger partial charge in [0.05, 0.1) is 21.3 Å². The molecule has 0 bridgehead atoms. The predicted molar refractivity (Wildman–Crippen MR) is 92.2 cm³/mol. The van der Waals surface area contributed by atoms with Crippen molar-refractivity contribution in [3.8, 4) is 23.0 Å². The van der Waals surface area contributed by atoms with Gasteiger partial charge in [-0.3, -0.25) is 0 Å². The molecule has 0 saturated carbocycles. The smallest absolute Gasteiger partial charge is 0.336 e. The van der Waals surface area contributed by atoms with Crippen LogP contribution in [0.25, 0.3) is 6.08 Å². The van der Waals surface area contributed by atoms with Crippen LogP contribution in [-0.2, 0) is 4.79 Å². The fraction of sp³-hybridized carbons (Fsp3) is 0.167. The van der Waals surface area contributed by atoms with Crippen LogP contribution in [0.1, 0.15) is 5.56 Å². The second-order valence-electron chi connectivity index (χ2n) is 4.67. The molecule has 0 spiro atoms. The lowest BCUT2D eigenvalue weighted by Crippen LogP contribution is -2.03. The summed E-state index contributed by atoms with van der Waals surface area (Å²) in [5, 5.41) is 0.572. The minimum atomic E-state index is -0.508. The molecular weight excluding hydrogens is 332 g/mol. The first kappa shape index (κ1) is 17.7. The van der Waals surface area contributed by atoms with Crippen LogP contribution in [0.4, 0.5) is 0 Å². The third kappa shape index (κ3) is 4.43. The van der Waals surface area contributed by atoms with Gasteiger partial charge in [-0.05, 0) is 48.0 Å². The van der Waals surface area contributed by atoms with Crippen molar-refractivity contribution in [1.29, 1.82) is 0 Å². The van der Waals surface area contributed by atoms with Gasteiger partial charge in [0, 0.05) is 11.1 Å². The lowest BCUT2D eigenvalue weighted by molar-refractivity contribution is -0.128. The molecule has 0 unspecified atom stereocenters. The van der Waals surface area contributed by atoms with E-state index in [4.69, 9.17) is 30.5 Å². The van der Waals surface area contributed by atoms with E-state index in [2.05, 4.69) is 0 Å². The second-order valence-corrected chi connectivity index (χ2v) is 5.10. The van der Waals surface area contributed by atoms with Gasteiger partial charge in [-0.25, -0.2) is 4.79 Å². The van der Waals surface area contributed by atoms with Crippen LogP contribution in [0.5, 0.6) is 23.0 Å². The number of carbonyl (C=O) groups excluding carboxylic acids is 1. The fourth-order valence-electron chi connectivity index (χ4n) is 2.01. The molecule has 0 aliphatic carbocycles. The largest absolute Gasteiger partial charge is 0.493 e. The molecule has 126 valence electrons. The Labute approximate surface area is 145 Å². The highest BCUT2D eigenvalue weighted by molar-refractivity contribution is 6.30. The van der Waals surface area contributed by atoms with E-state index in [0.717, 1.165) is 0 Å². The van der Waals surface area contributed by atoms with Gasteiger partial charge in [-0.15, -0.1) is 0 Å². The molecule has 0 N–H and O–H groups in total. The van der Waals surface area contributed by atoms with Gasteiger partial charge in [0.15, 0.2) is 11.5 Å². The van der Waals surface area contributed by atoms with Crippen molar-refractivity contribution in [2.75, 3.05) is 21.3 Å². The minimum absolute atomic E-state index is 0.416. The van der Waals surface area contributed by atoms with Crippen LogP contribution >= 0.6 is 11.6 Å². The van der Waals surface area contributed by atoms with Gasteiger partial charge < -0.3 is 18.9 Å². The molecule has 6 heteroatoms. The molecule has 0 aromatic heterocycles. The number of rotatable bonds is 6. The van der Waals surface area contributed by atoms with Crippen LogP contribution in [-0.4, -0.2) is 27.3 Å². The first-order valence-electron chi connectivity index (χ1n) is 7.03. The number of esters is 1. The zero-order chi connectivity index (χ0) is 17.5. The van der Waals surface area contributed by atoms with Crippen LogP contribution in [0.2, 0.25) is 5.02 Å². The van der Waals surface area contributed by atoms with E-state index in [1.165, 1.54) is 27.4 Å². The van der Waals surface area contributed by atoms with E-state index in [-0.39, 0.29) is 0 Å². The number of hydrogen-bond donors (Lipinski definition) is 0. The fourth-order valence-corrected chi connectivity index (χ4v) is 2.14. The van der Waals surface area contributed by atoms with Crippen molar-refractivity contribution in [2.45, 2.75) is 0 Å². The van der Waals surface area contributed by atoms with Crippen LogP contribution in [0.3, 0.4) is 0 Å². The lowest BCUT2D eigenvalue weighted by atomic mass is 10.1. The molecule has 24 heavy (non-hydrogen) atoms. The zero-order valence-corrected chi connectivity index (χ0v) is 14.3. The third-order valence-electron chi connectivity index (χ3n) is 3.13. The Morgan fingerprint density at radius 3 is 2.04 bits per heavy atom. The maximum Gasteiger partial charge on any atom is 0.336 e. The van der Waals surface area contributed by atoms with Crippen molar-refractivity contribution in [3.63, 3.8) is 0 Å². The van der Waals surface area contributed by atoms with Crippen LogP contribution < -0.4 is 18.9 Å². The molecule has 0 heterocycles. The van der Waals surface area contributed by atoms with Crippen molar-refractivity contribution in [3.05, 3.63) is 53.1 Å². The topological polar surface area (TPSA) is 54.0 Å². The van der Waals surface area contributed by atoms with Gasteiger partial charge in [-0.2, -0.15) is 0 Å². The zero-order valence-electron chi connectivity index (χ0n) is 13.5. The average Bonchev–Trinajstić information content (AvgIpc) is 2.60. The van der Waals surface area contributed by atoms with Gasteiger partial charge in [0.25, 0.3) is 0 Å². The summed E-state index contributed by atoms with van der Waals surface area (Å²) in [7, 11) is 4.58. The average molecular weight is 349 g/mol. The maximum absolute atomic E-state index is 11.9. The molecule has 5 nitrogen and oxygen atoms in total. The monoisotopic (exact) mass is 348 g/mol. The Morgan fingerprint density at radius 1 is 0.958 bits per heavy atom. The molecule has 0 aliphatic rings. The minimum Gasteiger partial charge on any atom is -0.493 e. The molecule has 0 aliphatic heterocycles. The second kappa shape index (κ2) is 8.26. The summed E-state index contributed by atoms with van der Waals surface area (Å²) < 4.78 is 21.0. The normalized spacial score (nSPS) is 10.5. The third-order valence-corrected chi connectivity index (χ3v) is 3.38. The van der Waals surface area contributed by atoms with Gasteiger partial charge in [0.2, 0.25) is 5.75 Å². The summed E-state index contributed by atoms with van der Waals surface area (Å²) >= 11 is 5.78. The highest BCUT2D eigenvalue weighted by Crippen LogP contribution is 2.38. The Hall–Kier alpha value is -2.66. The molecule has 0 saturated heterocycles. The van der Waals surface area contributed by atoms with Crippen molar-refractivity contribution >= 4 is 23.6 Å². The summed E-state index contributed by atoms with van der Waals surface area (Å²) in [5.41, 5.74) is 0.706. The van der Waals surface area contributed by atoms with Gasteiger partial charge >= 0.3 is 5.97 Å². The number of benzene rings is 2. The highest BCUT2D eigenvalue weighted by atomic mass is 35.5. The van der Waals surface area contributed by atoms with Crippen molar-refractivity contribution < 1.29 is 23.7 Å². The molecule has 2 aromatic rings. The Bertz CT molecular complexity index is 713. The molecule has 2 aromatic carbocycles. The molecule has 0 radical (unpaired) electrons. The highest BCUT2D eigenvalue weighted by Gasteiger charge is 2.12. The van der Waals surface area contributed by atoms with E-state index in [0.29, 0.717) is 33.6 Å². The Balaban J connectivity index is 2.15. The van der Waals surface area contributed by atoms with E-state index in [1.807, 2.05) is 0 Å². The molecular formula is C18H17ClO5. The van der Waals surface area contributed by atoms with Crippen LogP contribution in [0, 0.1) is 0 Å². The number of methoxy groups -OCH3 is 3. The predicted octanol–water partition coefficient (Wildman–Crippen LogP) is 3.98. The van der Waals surface area contributed by atoms with Crippen molar-refractivity contribution in [2.24, 2.45) is 0 Å².